The third-order valence-electron chi connectivity index (χ3n) is 7.42. The van der Waals surface area contributed by atoms with Crippen LogP contribution in [0.5, 0.6) is 34.5 Å². The summed E-state index contributed by atoms with van der Waals surface area (Å²) in [5.41, 5.74) is -1.57. The summed E-state index contributed by atoms with van der Waals surface area (Å²) in [6.45, 7) is -0.563. The zero-order valence-corrected chi connectivity index (χ0v) is 32.2. The molecule has 2 aromatic heterocycles. The lowest BCUT2D eigenvalue weighted by atomic mass is 10.1. The molecule has 0 saturated carbocycles. The highest BCUT2D eigenvalue weighted by Crippen LogP contribution is 2.35. The minimum absolute atomic E-state index is 0.0431. The molecular formula is C33H24O22S4. The second-order valence-corrected chi connectivity index (χ2v) is 15.8. The molecule has 0 amide bonds. The van der Waals surface area contributed by atoms with E-state index in [1.54, 1.807) is 0 Å². The highest BCUT2D eigenvalue weighted by molar-refractivity contribution is 7.82. The summed E-state index contributed by atoms with van der Waals surface area (Å²) >= 11 is 0. The average molecular weight is 901 g/mol. The Balaban J connectivity index is 1.25. The van der Waals surface area contributed by atoms with Gasteiger partial charge in [0.15, 0.2) is 22.4 Å². The Morgan fingerprint density at radius 2 is 0.763 bits per heavy atom. The Kier molecular flexibility index (Phi) is 11.6. The van der Waals surface area contributed by atoms with Gasteiger partial charge in [-0.3, -0.25) is 27.8 Å². The lowest BCUT2D eigenvalue weighted by Gasteiger charge is -2.13. The molecule has 0 atom stereocenters. The molecular weight excluding hydrogens is 877 g/mol. The fourth-order valence-corrected chi connectivity index (χ4v) is 6.71. The molecule has 0 saturated heterocycles. The van der Waals surface area contributed by atoms with Crippen molar-refractivity contribution in [1.82, 2.24) is 0 Å². The van der Waals surface area contributed by atoms with Crippen LogP contribution in [0.3, 0.4) is 0 Å². The Bertz CT molecular complexity index is 2940. The van der Waals surface area contributed by atoms with E-state index in [2.05, 4.69) is 16.7 Å². The van der Waals surface area contributed by atoms with E-state index in [1.165, 1.54) is 24.3 Å². The SMILES string of the molecule is O=c1cc(-c2ccc(OS(=O)(=O)O)cc2)oc2cc(OS(=O)(=O)O)cc(OCCCOc3cc(OS(=O)(=O)O)cc4oc(-c5ccc(OS(=O)(=O)O)cc5)cc(=O)c34)c12. The monoisotopic (exact) mass is 900 g/mol. The zero-order chi connectivity index (χ0) is 42.9. The van der Waals surface area contributed by atoms with Gasteiger partial charge in [-0.05, 0) is 48.5 Å². The van der Waals surface area contributed by atoms with Crippen LogP contribution in [-0.4, -0.2) is 65.1 Å². The highest BCUT2D eigenvalue weighted by Gasteiger charge is 2.20. The molecule has 2 heterocycles. The van der Waals surface area contributed by atoms with Crippen LogP contribution in [0.15, 0.2) is 103 Å². The molecule has 22 nitrogen and oxygen atoms in total. The Hall–Kier alpha value is -6.26. The fraction of sp³-hybridized carbons (Fsp3) is 0.0909. The van der Waals surface area contributed by atoms with E-state index < -0.39 is 64.0 Å². The fourth-order valence-electron chi connectivity index (χ4n) is 5.32. The van der Waals surface area contributed by atoms with E-state index >= 15 is 0 Å². The van der Waals surface area contributed by atoms with Gasteiger partial charge in [0, 0.05) is 53.9 Å². The van der Waals surface area contributed by atoms with Crippen LogP contribution in [-0.2, 0) is 41.6 Å². The van der Waals surface area contributed by atoms with Gasteiger partial charge in [0.1, 0.15) is 56.5 Å². The molecule has 4 aromatic carbocycles. The summed E-state index contributed by atoms with van der Waals surface area (Å²) in [6, 6.07) is 15.6. The minimum Gasteiger partial charge on any atom is -0.492 e. The molecule has 4 N–H and O–H groups in total. The van der Waals surface area contributed by atoms with Crippen molar-refractivity contribution in [2.75, 3.05) is 13.2 Å². The van der Waals surface area contributed by atoms with Crippen LogP contribution in [0.25, 0.3) is 44.6 Å². The van der Waals surface area contributed by atoms with E-state index in [4.69, 9.17) is 27.4 Å². The number of hydrogen-bond acceptors (Lipinski definition) is 18. The second kappa shape index (κ2) is 16.2. The van der Waals surface area contributed by atoms with Crippen LogP contribution in [0.1, 0.15) is 6.42 Å². The van der Waals surface area contributed by atoms with Crippen molar-refractivity contribution in [3.05, 3.63) is 105 Å². The maximum Gasteiger partial charge on any atom is 0.446 e. The number of hydrogen-bond donors (Lipinski definition) is 4. The van der Waals surface area contributed by atoms with Crippen molar-refractivity contribution < 1.29 is 86.9 Å². The normalized spacial score (nSPS) is 12.3. The largest absolute Gasteiger partial charge is 0.492 e. The van der Waals surface area contributed by atoms with E-state index in [0.717, 1.165) is 60.7 Å². The van der Waals surface area contributed by atoms with Crippen LogP contribution in [0, 0.1) is 0 Å². The lowest BCUT2D eigenvalue weighted by molar-refractivity contribution is 0.249. The molecule has 26 heteroatoms. The summed E-state index contributed by atoms with van der Waals surface area (Å²) in [6.07, 6.45) is -0.0431. The van der Waals surface area contributed by atoms with Gasteiger partial charge in [-0.2, -0.15) is 33.7 Å². The van der Waals surface area contributed by atoms with Crippen molar-refractivity contribution in [3.63, 3.8) is 0 Å². The molecule has 0 aliphatic carbocycles. The van der Waals surface area contributed by atoms with Crippen LogP contribution >= 0.6 is 0 Å². The van der Waals surface area contributed by atoms with Crippen molar-refractivity contribution in [2.24, 2.45) is 0 Å². The smallest absolute Gasteiger partial charge is 0.446 e. The Labute approximate surface area is 331 Å². The van der Waals surface area contributed by atoms with Gasteiger partial charge in [-0.1, -0.05) is 0 Å². The first-order chi connectivity index (χ1) is 27.5. The Morgan fingerprint density at radius 1 is 0.441 bits per heavy atom. The predicted molar refractivity (Wildman–Crippen MR) is 200 cm³/mol. The van der Waals surface area contributed by atoms with Gasteiger partial charge in [-0.25, -0.2) is 0 Å². The van der Waals surface area contributed by atoms with Crippen molar-refractivity contribution >= 4 is 63.5 Å². The molecule has 6 aromatic rings. The number of benzene rings is 4. The minimum atomic E-state index is -5.09. The first kappa shape index (κ1) is 42.3. The van der Waals surface area contributed by atoms with E-state index in [-0.39, 0.29) is 87.2 Å². The molecule has 0 fully saturated rings. The van der Waals surface area contributed by atoms with Gasteiger partial charge in [0.25, 0.3) is 0 Å². The van der Waals surface area contributed by atoms with Gasteiger partial charge >= 0.3 is 41.6 Å². The third-order valence-corrected chi connectivity index (χ3v) is 9.04. The predicted octanol–water partition coefficient (Wildman–Crippen LogP) is 3.81. The molecule has 0 bridgehead atoms. The van der Waals surface area contributed by atoms with Gasteiger partial charge < -0.3 is 35.0 Å². The Morgan fingerprint density at radius 3 is 1.08 bits per heavy atom. The van der Waals surface area contributed by atoms with Gasteiger partial charge in [0.05, 0.1) is 13.2 Å². The zero-order valence-electron chi connectivity index (χ0n) is 29.0. The summed E-state index contributed by atoms with van der Waals surface area (Å²) in [4.78, 5) is 26.7. The summed E-state index contributed by atoms with van der Waals surface area (Å²) in [5.74, 6) is -2.39. The maximum atomic E-state index is 13.3. The standard InChI is InChI=1S/C33H24O22S4/c34-24-16-26(18-2-6-20(7-3-18)52-56(36,37)38)50-30-14-22(54-58(42,43)44)12-28(32(24)30)48-10-1-11-49-29-13-23(55-59(45,46)47)15-31-33(29)25(35)17-27(51-31)19-4-8-21(9-5-19)53-57(39,40)41/h2-9,12-17H,1,10-11H2,(H,36,37,38)(H,39,40,41)(H,42,43,44)(H,45,46,47). The van der Waals surface area contributed by atoms with Gasteiger partial charge in [-0.15, -0.1) is 0 Å². The first-order valence-electron chi connectivity index (χ1n) is 15.9. The number of ether oxygens (including phenoxy) is 2. The van der Waals surface area contributed by atoms with E-state index in [9.17, 15) is 52.4 Å². The molecule has 6 rings (SSSR count). The van der Waals surface area contributed by atoms with Crippen molar-refractivity contribution in [3.8, 4) is 57.1 Å². The van der Waals surface area contributed by atoms with E-state index in [0.29, 0.717) is 0 Å². The maximum absolute atomic E-state index is 13.3. The quantitative estimate of drug-likeness (QED) is 0.0792. The summed E-state index contributed by atoms with van der Waals surface area (Å²) < 4.78 is 167. The highest BCUT2D eigenvalue weighted by atomic mass is 32.3. The van der Waals surface area contributed by atoms with Crippen LogP contribution in [0.2, 0.25) is 0 Å². The summed E-state index contributed by atoms with van der Waals surface area (Å²) in [7, 11) is -19.8. The average Bonchev–Trinajstić information content (AvgIpc) is 3.08. The molecule has 0 radical (unpaired) electrons. The number of fused-ring (bicyclic) bond motifs is 2. The summed E-state index contributed by atoms with van der Waals surface area (Å²) in [5, 5.41) is -0.419. The molecule has 0 unspecified atom stereocenters. The molecule has 0 aliphatic heterocycles. The van der Waals surface area contributed by atoms with Crippen LogP contribution in [0.4, 0.5) is 0 Å². The molecule has 0 aliphatic rings. The van der Waals surface area contributed by atoms with Crippen molar-refractivity contribution in [2.45, 2.75) is 6.42 Å². The third kappa shape index (κ3) is 11.4. The van der Waals surface area contributed by atoms with Gasteiger partial charge in [0.2, 0.25) is 0 Å². The lowest BCUT2D eigenvalue weighted by Crippen LogP contribution is -2.11. The molecule has 312 valence electrons. The van der Waals surface area contributed by atoms with E-state index in [1.807, 2.05) is 0 Å². The van der Waals surface area contributed by atoms with Crippen molar-refractivity contribution in [1.29, 1.82) is 0 Å². The number of rotatable bonds is 16. The second-order valence-electron chi connectivity index (χ2n) is 11.7. The molecule has 59 heavy (non-hydrogen) atoms. The van der Waals surface area contributed by atoms with Crippen LogP contribution < -0.4 is 37.1 Å². The first-order valence-corrected chi connectivity index (χ1v) is 21.3. The topological polar surface area (TPSA) is 333 Å². The molecule has 0 spiro atoms.